The minimum atomic E-state index is -0.448. The van der Waals surface area contributed by atoms with E-state index in [-0.39, 0.29) is 0 Å². The highest BCUT2D eigenvalue weighted by Crippen LogP contribution is 2.05. The maximum absolute atomic E-state index is 10.6. The average Bonchev–Trinajstić information content (AvgIpc) is 2.05. The molecule has 0 aromatic carbocycles. The summed E-state index contributed by atoms with van der Waals surface area (Å²) in [5, 5.41) is 0. The van der Waals surface area contributed by atoms with Crippen molar-refractivity contribution in [1.29, 1.82) is 0 Å². The van der Waals surface area contributed by atoms with Crippen molar-refractivity contribution in [3.8, 4) is 0 Å². The van der Waals surface area contributed by atoms with Gasteiger partial charge in [-0.15, -0.1) is 0 Å². The van der Waals surface area contributed by atoms with Crippen LogP contribution in [-0.2, 0) is 16.1 Å². The van der Waals surface area contributed by atoms with Gasteiger partial charge in [0.15, 0.2) is 0 Å². The largest absolute Gasteiger partial charge is 0.366 e. The summed E-state index contributed by atoms with van der Waals surface area (Å²) >= 11 is 0.443. The molecule has 1 rings (SSSR count). The highest BCUT2D eigenvalue weighted by Gasteiger charge is 2.05. The van der Waals surface area contributed by atoms with E-state index in [9.17, 15) is 9.00 Å². The van der Waals surface area contributed by atoms with Gasteiger partial charge in [0.1, 0.15) is 0 Å². The average molecular weight is 169 g/mol. The topological polar surface area (TPSA) is 60.2 Å². The van der Waals surface area contributed by atoms with Gasteiger partial charge in [-0.05, 0) is 12.2 Å². The van der Waals surface area contributed by atoms with Crippen LogP contribution >= 0.6 is 0 Å². The third-order valence-corrected chi connectivity index (χ3v) is 1.88. The molecule has 4 heteroatoms. The molecule has 3 nitrogen and oxygen atoms in total. The molecule has 58 valence electrons. The molecule has 2 N–H and O–H groups in total. The Hall–Kier alpha value is -1.16. The maximum atomic E-state index is 10.6. The summed E-state index contributed by atoms with van der Waals surface area (Å²) in [6, 6.07) is 0. The van der Waals surface area contributed by atoms with E-state index < -0.39 is 5.91 Å². The van der Waals surface area contributed by atoms with E-state index in [2.05, 4.69) is 0 Å². The van der Waals surface area contributed by atoms with Crippen LogP contribution in [0, 0.1) is 0 Å². The summed E-state index contributed by atoms with van der Waals surface area (Å²) < 4.78 is 10.2. The van der Waals surface area contributed by atoms with Crippen LogP contribution < -0.4 is 5.73 Å². The van der Waals surface area contributed by atoms with Gasteiger partial charge in [-0.3, -0.25) is 4.79 Å². The van der Waals surface area contributed by atoms with E-state index in [1.807, 2.05) is 0 Å². The van der Waals surface area contributed by atoms with Crippen LogP contribution in [0.2, 0.25) is 0 Å². The molecule has 0 spiro atoms. The fraction of sp³-hybridized carbons (Fsp3) is 0.143. The molecule has 0 heterocycles. The number of allylic oxidation sites excluding steroid dienone is 2. The van der Waals surface area contributed by atoms with Gasteiger partial charge >= 0.3 is 0 Å². The molecule has 0 bridgehead atoms. The van der Waals surface area contributed by atoms with Crippen LogP contribution in [0.1, 0.15) is 6.42 Å². The number of carbonyl (C=O) groups is 1. The lowest BCUT2D eigenvalue weighted by Crippen LogP contribution is -2.14. The summed E-state index contributed by atoms with van der Waals surface area (Å²) in [6.45, 7) is 0. The van der Waals surface area contributed by atoms with Crippen molar-refractivity contribution in [1.82, 2.24) is 0 Å². The van der Waals surface area contributed by atoms with Crippen LogP contribution in [0.4, 0.5) is 0 Å². The van der Waals surface area contributed by atoms with Crippen LogP contribution in [0.5, 0.6) is 0 Å². The first-order chi connectivity index (χ1) is 5.24. The van der Waals surface area contributed by atoms with Crippen molar-refractivity contribution in [2.45, 2.75) is 6.42 Å². The molecule has 1 aliphatic rings. The first kappa shape index (κ1) is 7.94. The third-order valence-electron chi connectivity index (χ3n) is 1.36. The number of hydrogen-bond donors (Lipinski definition) is 1. The molecule has 0 aliphatic heterocycles. The maximum Gasteiger partial charge on any atom is 0.248 e. The minimum absolute atomic E-state index is 0.443. The van der Waals surface area contributed by atoms with Crippen molar-refractivity contribution in [3.05, 3.63) is 23.8 Å². The van der Waals surface area contributed by atoms with Crippen molar-refractivity contribution in [2.75, 3.05) is 0 Å². The van der Waals surface area contributed by atoms with Crippen molar-refractivity contribution in [3.63, 3.8) is 0 Å². The highest BCUT2D eigenvalue weighted by molar-refractivity contribution is 7.66. The minimum Gasteiger partial charge on any atom is -0.366 e. The predicted molar refractivity (Wildman–Crippen MR) is 44.2 cm³/mol. The number of primary amides is 1. The molecule has 0 saturated heterocycles. The Labute approximate surface area is 67.7 Å². The van der Waals surface area contributed by atoms with Crippen LogP contribution in [0.25, 0.3) is 0 Å². The van der Waals surface area contributed by atoms with Gasteiger partial charge in [0.25, 0.3) is 0 Å². The van der Waals surface area contributed by atoms with Gasteiger partial charge in [-0.25, -0.2) is 4.21 Å². The van der Waals surface area contributed by atoms with Crippen LogP contribution in [0.3, 0.4) is 0 Å². The molecule has 11 heavy (non-hydrogen) atoms. The molecule has 0 aromatic heterocycles. The van der Waals surface area contributed by atoms with Crippen molar-refractivity contribution < 1.29 is 9.00 Å². The Morgan fingerprint density at radius 2 is 2.27 bits per heavy atom. The molecule has 1 aliphatic carbocycles. The zero-order valence-electron chi connectivity index (χ0n) is 5.74. The fourth-order valence-corrected chi connectivity index (χ4v) is 1.05. The smallest absolute Gasteiger partial charge is 0.248 e. The van der Waals surface area contributed by atoms with E-state index in [0.29, 0.717) is 28.1 Å². The number of amides is 1. The van der Waals surface area contributed by atoms with Crippen LogP contribution in [-0.4, -0.2) is 15.0 Å². The third kappa shape index (κ3) is 1.88. The van der Waals surface area contributed by atoms with Crippen molar-refractivity contribution in [2.24, 2.45) is 5.73 Å². The Bertz CT molecular complexity index is 298. The van der Waals surface area contributed by atoms with E-state index in [1.165, 1.54) is 0 Å². The Morgan fingerprint density at radius 3 is 2.64 bits per heavy atom. The quantitative estimate of drug-likeness (QED) is 0.550. The second-order valence-electron chi connectivity index (χ2n) is 2.11. The summed E-state index contributed by atoms with van der Waals surface area (Å²) in [6.07, 6.45) is 5.36. The first-order valence-electron chi connectivity index (χ1n) is 3.07. The summed E-state index contributed by atoms with van der Waals surface area (Å²) in [5.41, 5.74) is 5.48. The molecular weight excluding hydrogens is 162 g/mol. The van der Waals surface area contributed by atoms with E-state index in [1.54, 1.807) is 18.2 Å². The molecule has 0 unspecified atom stereocenters. The summed E-state index contributed by atoms with van der Waals surface area (Å²) in [4.78, 5) is 11.3. The van der Waals surface area contributed by atoms with Crippen LogP contribution in [0.15, 0.2) is 23.8 Å². The lowest BCUT2D eigenvalue weighted by atomic mass is 10.1. The number of hydrogen-bond acceptors (Lipinski definition) is 2. The van der Waals surface area contributed by atoms with Gasteiger partial charge in [0, 0.05) is 16.9 Å². The summed E-state index contributed by atoms with van der Waals surface area (Å²) in [5.74, 6) is -0.448. The van der Waals surface area contributed by atoms with E-state index >= 15 is 0 Å². The van der Waals surface area contributed by atoms with Crippen molar-refractivity contribution >= 4 is 22.0 Å². The second-order valence-corrected chi connectivity index (χ2v) is 2.80. The van der Waals surface area contributed by atoms with Gasteiger partial charge in [0.05, 0.1) is 11.3 Å². The lowest BCUT2D eigenvalue weighted by molar-refractivity contribution is -0.114. The normalized spacial score (nSPS) is 16.0. The standard InChI is InChI=1S/C7H7NO2S/c8-7(9)5-1-3-6(11-10)4-2-5/h1-3H,4H2,(H2,8,9). The molecule has 0 radical (unpaired) electrons. The molecule has 0 aromatic rings. The van der Waals surface area contributed by atoms with Gasteiger partial charge < -0.3 is 5.73 Å². The summed E-state index contributed by atoms with van der Waals surface area (Å²) in [7, 11) is 0. The lowest BCUT2D eigenvalue weighted by Gasteiger charge is -2.01. The van der Waals surface area contributed by atoms with Gasteiger partial charge in [-0.1, -0.05) is 6.08 Å². The predicted octanol–water partition coefficient (Wildman–Crippen LogP) is -0.257. The molecule has 0 atom stereocenters. The van der Waals surface area contributed by atoms with E-state index in [4.69, 9.17) is 5.73 Å². The number of carbonyl (C=O) groups excluding carboxylic acids is 1. The monoisotopic (exact) mass is 169 g/mol. The zero-order valence-corrected chi connectivity index (χ0v) is 6.56. The molecular formula is C7H7NO2S. The molecule has 1 amide bonds. The highest BCUT2D eigenvalue weighted by atomic mass is 32.1. The number of rotatable bonds is 1. The second kappa shape index (κ2) is 3.30. The van der Waals surface area contributed by atoms with Gasteiger partial charge in [-0.2, -0.15) is 0 Å². The molecule has 0 saturated carbocycles. The number of nitrogens with two attached hydrogens (primary N) is 1. The zero-order chi connectivity index (χ0) is 8.27. The Balaban J connectivity index is 2.83. The Kier molecular flexibility index (Phi) is 2.38. The Morgan fingerprint density at radius 1 is 1.55 bits per heavy atom. The SMILES string of the molecule is NC(=O)C1=CCC(=S=O)C=C1. The fourth-order valence-electron chi connectivity index (χ4n) is 0.774. The molecule has 0 fully saturated rings. The van der Waals surface area contributed by atoms with E-state index in [0.717, 1.165) is 0 Å². The first-order valence-corrected chi connectivity index (χ1v) is 3.82. The van der Waals surface area contributed by atoms with Gasteiger partial charge in [0.2, 0.25) is 5.91 Å².